The number of benzene rings is 1. The van der Waals surface area contributed by atoms with E-state index in [4.69, 9.17) is 5.73 Å². The van der Waals surface area contributed by atoms with E-state index in [1.54, 1.807) is 24.3 Å². The van der Waals surface area contributed by atoms with Crippen molar-refractivity contribution in [3.8, 4) is 0 Å². The van der Waals surface area contributed by atoms with Gasteiger partial charge in [-0.3, -0.25) is 9.59 Å². The Bertz CT molecular complexity index is 416. The van der Waals surface area contributed by atoms with Crippen molar-refractivity contribution < 1.29 is 9.59 Å². The van der Waals surface area contributed by atoms with Gasteiger partial charge in [-0.05, 0) is 24.5 Å². The molecule has 1 atom stereocenters. The average Bonchev–Trinajstić information content (AvgIpc) is 2.35. The molecular weight excluding hydrogens is 228 g/mol. The molecule has 0 aliphatic heterocycles. The van der Waals surface area contributed by atoms with Crippen LogP contribution in [-0.4, -0.2) is 24.8 Å². The quantitative estimate of drug-likeness (QED) is 0.751. The standard InChI is InChI=1S/C14H20N2O2/c1-10(2)6-13(15)8-16-14(18)12-5-3-4-11(7-12)9-17/h3-5,7,9-10,13H,6,8,15H2,1-2H3,(H,16,18). The number of carbonyl (C=O) groups is 2. The molecule has 0 aliphatic carbocycles. The molecule has 0 saturated heterocycles. The Morgan fingerprint density at radius 3 is 2.78 bits per heavy atom. The number of rotatable bonds is 6. The zero-order valence-corrected chi connectivity index (χ0v) is 10.8. The van der Waals surface area contributed by atoms with Crippen LogP contribution in [0.1, 0.15) is 41.0 Å². The molecule has 0 fully saturated rings. The van der Waals surface area contributed by atoms with Gasteiger partial charge in [0, 0.05) is 23.7 Å². The maximum Gasteiger partial charge on any atom is 0.251 e. The van der Waals surface area contributed by atoms with E-state index in [1.807, 2.05) is 0 Å². The van der Waals surface area contributed by atoms with Gasteiger partial charge < -0.3 is 11.1 Å². The molecule has 0 aromatic heterocycles. The molecule has 3 N–H and O–H groups in total. The Morgan fingerprint density at radius 2 is 2.17 bits per heavy atom. The summed E-state index contributed by atoms with van der Waals surface area (Å²) in [4.78, 5) is 22.4. The van der Waals surface area contributed by atoms with Crippen LogP contribution >= 0.6 is 0 Å². The lowest BCUT2D eigenvalue weighted by Gasteiger charge is -2.14. The van der Waals surface area contributed by atoms with E-state index in [9.17, 15) is 9.59 Å². The summed E-state index contributed by atoms with van der Waals surface area (Å²) in [5.74, 6) is 0.313. The van der Waals surface area contributed by atoms with Crippen LogP contribution in [0, 0.1) is 5.92 Å². The lowest BCUT2D eigenvalue weighted by atomic mass is 10.0. The van der Waals surface area contributed by atoms with E-state index in [0.717, 1.165) is 12.7 Å². The second kappa shape index (κ2) is 6.91. The van der Waals surface area contributed by atoms with Crippen molar-refractivity contribution >= 4 is 12.2 Å². The fourth-order valence-electron chi connectivity index (χ4n) is 1.77. The van der Waals surface area contributed by atoms with Gasteiger partial charge in [0.1, 0.15) is 6.29 Å². The van der Waals surface area contributed by atoms with Gasteiger partial charge in [0.2, 0.25) is 0 Å². The fraction of sp³-hybridized carbons (Fsp3) is 0.429. The van der Waals surface area contributed by atoms with Crippen LogP contribution in [0.2, 0.25) is 0 Å². The van der Waals surface area contributed by atoms with E-state index >= 15 is 0 Å². The molecule has 0 spiro atoms. The zero-order chi connectivity index (χ0) is 13.5. The fourth-order valence-corrected chi connectivity index (χ4v) is 1.77. The smallest absolute Gasteiger partial charge is 0.251 e. The maximum absolute atomic E-state index is 11.8. The Morgan fingerprint density at radius 1 is 1.44 bits per heavy atom. The summed E-state index contributed by atoms with van der Waals surface area (Å²) in [7, 11) is 0. The van der Waals surface area contributed by atoms with Gasteiger partial charge >= 0.3 is 0 Å². The molecule has 1 unspecified atom stereocenters. The van der Waals surface area contributed by atoms with E-state index < -0.39 is 0 Å². The highest BCUT2D eigenvalue weighted by Gasteiger charge is 2.09. The number of nitrogens with one attached hydrogen (secondary N) is 1. The Balaban J connectivity index is 2.52. The van der Waals surface area contributed by atoms with E-state index in [2.05, 4.69) is 19.2 Å². The number of hydrogen-bond acceptors (Lipinski definition) is 3. The second-order valence-electron chi connectivity index (χ2n) is 4.84. The predicted molar refractivity (Wildman–Crippen MR) is 71.6 cm³/mol. The van der Waals surface area contributed by atoms with Crippen molar-refractivity contribution in [2.75, 3.05) is 6.54 Å². The van der Waals surface area contributed by atoms with E-state index in [-0.39, 0.29) is 11.9 Å². The average molecular weight is 248 g/mol. The molecule has 0 bridgehead atoms. The highest BCUT2D eigenvalue weighted by Crippen LogP contribution is 2.04. The number of aldehydes is 1. The van der Waals surface area contributed by atoms with Gasteiger partial charge in [-0.25, -0.2) is 0 Å². The van der Waals surface area contributed by atoms with Crippen LogP contribution in [0.5, 0.6) is 0 Å². The van der Waals surface area contributed by atoms with E-state index in [1.165, 1.54) is 0 Å². The molecule has 0 saturated carbocycles. The summed E-state index contributed by atoms with van der Waals surface area (Å²) >= 11 is 0. The normalized spacial score (nSPS) is 12.2. The maximum atomic E-state index is 11.8. The monoisotopic (exact) mass is 248 g/mol. The van der Waals surface area contributed by atoms with Crippen molar-refractivity contribution in [1.29, 1.82) is 0 Å². The molecule has 0 heterocycles. The molecule has 1 aromatic carbocycles. The molecule has 1 amide bonds. The Kier molecular flexibility index (Phi) is 5.52. The third-order valence-corrected chi connectivity index (χ3v) is 2.58. The number of nitrogens with two attached hydrogens (primary N) is 1. The van der Waals surface area contributed by atoms with Gasteiger partial charge in [0.25, 0.3) is 5.91 Å². The molecule has 0 aliphatic rings. The van der Waals surface area contributed by atoms with Crippen LogP contribution in [-0.2, 0) is 0 Å². The van der Waals surface area contributed by atoms with E-state index in [0.29, 0.717) is 23.6 Å². The van der Waals surface area contributed by atoms with Crippen molar-refractivity contribution in [3.63, 3.8) is 0 Å². The molecule has 98 valence electrons. The van der Waals surface area contributed by atoms with Gasteiger partial charge in [-0.2, -0.15) is 0 Å². The van der Waals surface area contributed by atoms with Crippen molar-refractivity contribution in [1.82, 2.24) is 5.32 Å². The van der Waals surface area contributed by atoms with Crippen LogP contribution in [0.3, 0.4) is 0 Å². The first-order valence-electron chi connectivity index (χ1n) is 6.12. The van der Waals surface area contributed by atoms with Crippen molar-refractivity contribution in [2.24, 2.45) is 11.7 Å². The third-order valence-electron chi connectivity index (χ3n) is 2.58. The number of hydrogen-bond donors (Lipinski definition) is 2. The minimum Gasteiger partial charge on any atom is -0.350 e. The minimum absolute atomic E-state index is 0.0387. The van der Waals surface area contributed by atoms with Crippen LogP contribution in [0.25, 0.3) is 0 Å². The summed E-state index contributed by atoms with van der Waals surface area (Å²) in [5, 5.41) is 2.78. The number of carbonyl (C=O) groups excluding carboxylic acids is 2. The highest BCUT2D eigenvalue weighted by molar-refractivity contribution is 5.95. The first-order chi connectivity index (χ1) is 8.52. The molecule has 1 aromatic rings. The molecule has 1 rings (SSSR count). The molecule has 0 radical (unpaired) electrons. The molecule has 18 heavy (non-hydrogen) atoms. The van der Waals surface area contributed by atoms with Gasteiger partial charge in [0.15, 0.2) is 0 Å². The molecule has 4 nitrogen and oxygen atoms in total. The summed E-state index contributed by atoms with van der Waals surface area (Å²) < 4.78 is 0. The number of amides is 1. The lowest BCUT2D eigenvalue weighted by Crippen LogP contribution is -2.38. The summed E-state index contributed by atoms with van der Waals surface area (Å²) in [6.07, 6.45) is 1.59. The molecular formula is C14H20N2O2. The Hall–Kier alpha value is -1.68. The van der Waals surface area contributed by atoms with Gasteiger partial charge in [0.05, 0.1) is 0 Å². The summed E-state index contributed by atoms with van der Waals surface area (Å²) in [6, 6.07) is 6.55. The van der Waals surface area contributed by atoms with Crippen LogP contribution in [0.15, 0.2) is 24.3 Å². The zero-order valence-electron chi connectivity index (χ0n) is 10.8. The minimum atomic E-state index is -0.196. The van der Waals surface area contributed by atoms with Crippen LogP contribution in [0.4, 0.5) is 0 Å². The first-order valence-corrected chi connectivity index (χ1v) is 6.12. The highest BCUT2D eigenvalue weighted by atomic mass is 16.1. The summed E-state index contributed by atoms with van der Waals surface area (Å²) in [6.45, 7) is 4.63. The second-order valence-corrected chi connectivity index (χ2v) is 4.84. The van der Waals surface area contributed by atoms with Crippen LogP contribution < -0.4 is 11.1 Å². The van der Waals surface area contributed by atoms with Gasteiger partial charge in [-0.15, -0.1) is 0 Å². The van der Waals surface area contributed by atoms with Gasteiger partial charge in [-0.1, -0.05) is 26.0 Å². The third kappa shape index (κ3) is 4.67. The van der Waals surface area contributed by atoms with Crippen molar-refractivity contribution in [2.45, 2.75) is 26.3 Å². The largest absolute Gasteiger partial charge is 0.350 e. The summed E-state index contributed by atoms with van der Waals surface area (Å²) in [5.41, 5.74) is 6.86. The Labute approximate surface area is 108 Å². The van der Waals surface area contributed by atoms with Crippen molar-refractivity contribution in [3.05, 3.63) is 35.4 Å². The lowest BCUT2D eigenvalue weighted by molar-refractivity contribution is 0.0950. The topological polar surface area (TPSA) is 72.2 Å². The first kappa shape index (κ1) is 14.4. The molecule has 4 heteroatoms. The SMILES string of the molecule is CC(C)CC(N)CNC(=O)c1cccc(C=O)c1. The predicted octanol–water partition coefficient (Wildman–Crippen LogP) is 1.60.